The summed E-state index contributed by atoms with van der Waals surface area (Å²) in [5.41, 5.74) is 3.88. The summed E-state index contributed by atoms with van der Waals surface area (Å²) in [4.78, 5) is 24.8. The Bertz CT molecular complexity index is 816. The summed E-state index contributed by atoms with van der Waals surface area (Å²) in [6, 6.07) is 9.59. The summed E-state index contributed by atoms with van der Waals surface area (Å²) >= 11 is 0. The highest BCUT2D eigenvalue weighted by molar-refractivity contribution is 6.06. The Morgan fingerprint density at radius 2 is 1.84 bits per heavy atom. The summed E-state index contributed by atoms with van der Waals surface area (Å²) in [5, 5.41) is 5.87. The number of benzene rings is 1. The van der Waals surface area contributed by atoms with Crippen LogP contribution < -0.4 is 10.6 Å². The van der Waals surface area contributed by atoms with Crippen molar-refractivity contribution in [3.05, 3.63) is 52.8 Å². The zero-order valence-corrected chi connectivity index (χ0v) is 15.2. The lowest BCUT2D eigenvalue weighted by atomic mass is 10.1. The highest BCUT2D eigenvalue weighted by atomic mass is 16.2. The Labute approximate surface area is 148 Å². The maximum atomic E-state index is 12.7. The minimum Gasteiger partial charge on any atom is -0.349 e. The smallest absolute Gasteiger partial charge is 0.257 e. The number of anilines is 1. The van der Waals surface area contributed by atoms with E-state index in [1.165, 1.54) is 0 Å². The number of amides is 2. The number of nitrogens with one attached hydrogen (secondary N) is 2. The molecule has 1 aromatic carbocycles. The molecule has 132 valence electrons. The average Bonchev–Trinajstić information content (AvgIpc) is 3.30. The second-order valence-electron chi connectivity index (χ2n) is 7.03. The van der Waals surface area contributed by atoms with Crippen LogP contribution in [0.4, 0.5) is 5.69 Å². The first kappa shape index (κ1) is 17.3. The standard InChI is InChI=1S/C20H25N3O2/c1-12(2)23-13(3)10-18(14(23)4)20(25)22-17-7-5-6-15(11-17)19(24)21-16-8-9-16/h5-7,10-12,16H,8-9H2,1-4H3,(H,21,24)(H,22,25). The van der Waals surface area contributed by atoms with Crippen molar-refractivity contribution in [2.75, 3.05) is 5.32 Å². The van der Waals surface area contributed by atoms with Gasteiger partial charge in [0.1, 0.15) is 0 Å². The Morgan fingerprint density at radius 1 is 1.12 bits per heavy atom. The van der Waals surface area contributed by atoms with Gasteiger partial charge in [0.25, 0.3) is 11.8 Å². The molecule has 0 radical (unpaired) electrons. The number of hydrogen-bond donors (Lipinski definition) is 2. The fourth-order valence-electron chi connectivity index (χ4n) is 3.23. The summed E-state index contributed by atoms with van der Waals surface area (Å²) in [6.07, 6.45) is 2.10. The molecule has 0 bridgehead atoms. The maximum Gasteiger partial charge on any atom is 0.257 e. The summed E-state index contributed by atoms with van der Waals surface area (Å²) < 4.78 is 2.15. The third-order valence-corrected chi connectivity index (χ3v) is 4.54. The van der Waals surface area contributed by atoms with E-state index in [-0.39, 0.29) is 11.8 Å². The minimum atomic E-state index is -0.153. The van der Waals surface area contributed by atoms with Gasteiger partial charge in [-0.15, -0.1) is 0 Å². The van der Waals surface area contributed by atoms with E-state index in [2.05, 4.69) is 29.0 Å². The quantitative estimate of drug-likeness (QED) is 0.869. The molecule has 2 amide bonds. The number of hydrogen-bond acceptors (Lipinski definition) is 2. The summed E-state index contributed by atoms with van der Waals surface area (Å²) in [6.45, 7) is 8.17. The van der Waals surface area contributed by atoms with Crippen LogP contribution >= 0.6 is 0 Å². The van der Waals surface area contributed by atoms with Gasteiger partial charge in [0.05, 0.1) is 5.56 Å². The molecule has 1 fully saturated rings. The number of carbonyl (C=O) groups is 2. The highest BCUT2D eigenvalue weighted by Crippen LogP contribution is 2.22. The zero-order valence-electron chi connectivity index (χ0n) is 15.2. The van der Waals surface area contributed by atoms with E-state index < -0.39 is 0 Å². The average molecular weight is 339 g/mol. The molecule has 5 heteroatoms. The van der Waals surface area contributed by atoms with Crippen molar-refractivity contribution in [3.8, 4) is 0 Å². The van der Waals surface area contributed by atoms with Crippen molar-refractivity contribution in [2.45, 2.75) is 52.6 Å². The van der Waals surface area contributed by atoms with Gasteiger partial charge in [0, 0.05) is 34.7 Å². The first-order valence-electron chi connectivity index (χ1n) is 8.77. The molecule has 0 atom stereocenters. The first-order valence-corrected chi connectivity index (χ1v) is 8.77. The van der Waals surface area contributed by atoms with Crippen molar-refractivity contribution in [1.29, 1.82) is 0 Å². The molecule has 0 saturated heterocycles. The van der Waals surface area contributed by atoms with Crippen molar-refractivity contribution >= 4 is 17.5 Å². The van der Waals surface area contributed by atoms with Crippen LogP contribution in [0.3, 0.4) is 0 Å². The fourth-order valence-corrected chi connectivity index (χ4v) is 3.23. The number of aryl methyl sites for hydroxylation is 1. The SMILES string of the molecule is Cc1cc(C(=O)Nc2cccc(C(=O)NC3CC3)c2)c(C)n1C(C)C. The number of aromatic nitrogens is 1. The Morgan fingerprint density at radius 3 is 2.44 bits per heavy atom. The van der Waals surface area contributed by atoms with Crippen LogP contribution in [0.2, 0.25) is 0 Å². The van der Waals surface area contributed by atoms with Crippen molar-refractivity contribution in [3.63, 3.8) is 0 Å². The molecule has 2 aromatic rings. The lowest BCUT2D eigenvalue weighted by molar-refractivity contribution is 0.0949. The fraction of sp³-hybridized carbons (Fsp3) is 0.400. The predicted octanol–water partition coefficient (Wildman–Crippen LogP) is 3.83. The lowest BCUT2D eigenvalue weighted by Crippen LogP contribution is -2.25. The monoisotopic (exact) mass is 339 g/mol. The molecule has 2 N–H and O–H groups in total. The molecule has 1 aliphatic rings. The minimum absolute atomic E-state index is 0.0865. The van der Waals surface area contributed by atoms with Gasteiger partial charge in [-0.3, -0.25) is 9.59 Å². The third kappa shape index (κ3) is 3.76. The van der Waals surface area contributed by atoms with Crippen LogP contribution in [-0.4, -0.2) is 22.4 Å². The largest absolute Gasteiger partial charge is 0.349 e. The molecule has 0 unspecified atom stereocenters. The van der Waals surface area contributed by atoms with Gasteiger partial charge in [0.15, 0.2) is 0 Å². The van der Waals surface area contributed by atoms with Crippen LogP contribution in [0.5, 0.6) is 0 Å². The third-order valence-electron chi connectivity index (χ3n) is 4.54. The van der Waals surface area contributed by atoms with E-state index in [9.17, 15) is 9.59 Å². The predicted molar refractivity (Wildman–Crippen MR) is 99.2 cm³/mol. The van der Waals surface area contributed by atoms with Gasteiger partial charge in [-0.1, -0.05) is 6.07 Å². The van der Waals surface area contributed by atoms with Gasteiger partial charge in [0.2, 0.25) is 0 Å². The van der Waals surface area contributed by atoms with Crippen molar-refractivity contribution < 1.29 is 9.59 Å². The van der Waals surface area contributed by atoms with Gasteiger partial charge >= 0.3 is 0 Å². The molecular weight excluding hydrogens is 314 g/mol. The Kier molecular flexibility index (Phi) is 4.66. The summed E-state index contributed by atoms with van der Waals surface area (Å²) in [5.74, 6) is -0.240. The molecule has 1 aromatic heterocycles. The van der Waals surface area contributed by atoms with E-state index >= 15 is 0 Å². The molecular formula is C20H25N3O2. The molecule has 3 rings (SSSR count). The van der Waals surface area contributed by atoms with E-state index in [1.54, 1.807) is 24.3 Å². The van der Waals surface area contributed by atoms with Gasteiger partial charge < -0.3 is 15.2 Å². The number of carbonyl (C=O) groups excluding carboxylic acids is 2. The van der Waals surface area contributed by atoms with Crippen LogP contribution in [0.15, 0.2) is 30.3 Å². The van der Waals surface area contributed by atoms with Crippen molar-refractivity contribution in [2.24, 2.45) is 0 Å². The number of nitrogens with zero attached hydrogens (tertiary/aromatic N) is 1. The van der Waals surface area contributed by atoms with E-state index in [0.717, 1.165) is 24.2 Å². The Balaban J connectivity index is 1.77. The van der Waals surface area contributed by atoms with E-state index in [4.69, 9.17) is 0 Å². The molecule has 0 spiro atoms. The molecule has 1 saturated carbocycles. The van der Waals surface area contributed by atoms with E-state index in [0.29, 0.717) is 28.9 Å². The van der Waals surface area contributed by atoms with Crippen LogP contribution in [0.1, 0.15) is 64.8 Å². The molecule has 0 aliphatic heterocycles. The topological polar surface area (TPSA) is 63.1 Å². The van der Waals surface area contributed by atoms with Crippen LogP contribution in [0.25, 0.3) is 0 Å². The normalized spacial score (nSPS) is 13.8. The lowest BCUT2D eigenvalue weighted by Gasteiger charge is -2.13. The second-order valence-corrected chi connectivity index (χ2v) is 7.03. The van der Waals surface area contributed by atoms with Crippen molar-refractivity contribution in [1.82, 2.24) is 9.88 Å². The first-order chi connectivity index (χ1) is 11.9. The second kappa shape index (κ2) is 6.75. The van der Waals surface area contributed by atoms with Gasteiger partial charge in [-0.05, 0) is 64.8 Å². The van der Waals surface area contributed by atoms with Crippen LogP contribution in [-0.2, 0) is 0 Å². The van der Waals surface area contributed by atoms with Gasteiger partial charge in [-0.25, -0.2) is 0 Å². The number of rotatable bonds is 5. The van der Waals surface area contributed by atoms with Gasteiger partial charge in [-0.2, -0.15) is 0 Å². The van der Waals surface area contributed by atoms with Crippen LogP contribution in [0, 0.1) is 13.8 Å². The summed E-state index contributed by atoms with van der Waals surface area (Å²) in [7, 11) is 0. The van der Waals surface area contributed by atoms with E-state index in [1.807, 2.05) is 19.9 Å². The maximum absolute atomic E-state index is 12.7. The highest BCUT2D eigenvalue weighted by Gasteiger charge is 2.24. The molecule has 1 heterocycles. The molecule has 1 aliphatic carbocycles. The Hall–Kier alpha value is -2.56. The zero-order chi connectivity index (χ0) is 18.1. The molecule has 25 heavy (non-hydrogen) atoms. The molecule has 5 nitrogen and oxygen atoms in total.